The summed E-state index contributed by atoms with van der Waals surface area (Å²) in [4.78, 5) is 13.1. The number of sulfonamides is 1. The first-order valence-electron chi connectivity index (χ1n) is 10.8. The highest BCUT2D eigenvalue weighted by Gasteiger charge is 2.33. The molecule has 0 saturated carbocycles. The van der Waals surface area contributed by atoms with Crippen molar-refractivity contribution in [2.45, 2.75) is 30.5 Å². The fourth-order valence-corrected chi connectivity index (χ4v) is 7.30. The first-order valence-corrected chi connectivity index (χ1v) is 13.2. The molecule has 0 bridgehead atoms. The Bertz CT molecular complexity index is 1390. The quantitative estimate of drug-likeness (QED) is 0.453. The molecule has 32 heavy (non-hydrogen) atoms. The molecule has 2 aromatic heterocycles. The van der Waals surface area contributed by atoms with E-state index in [0.717, 1.165) is 28.5 Å². The van der Waals surface area contributed by atoms with Crippen LogP contribution in [0.15, 0.2) is 64.2 Å². The standard InChI is InChI=1S/C24H25N3O3S2/c1-2-27-21-9-4-3-8-19(21)20-15-18(11-12-22(20)27)25-24(28)17-7-5-13-26(16-17)32(29,30)23-10-6-14-31-23/h3-4,6,8-12,14-15,17H,2,5,7,13,16H2,1H3,(H,25,28). The van der Waals surface area contributed by atoms with Crippen molar-refractivity contribution >= 4 is 54.8 Å². The van der Waals surface area contributed by atoms with Crippen LogP contribution in [0.25, 0.3) is 21.8 Å². The van der Waals surface area contributed by atoms with Crippen LogP contribution in [0.1, 0.15) is 19.8 Å². The van der Waals surface area contributed by atoms with Gasteiger partial charge in [0, 0.05) is 47.1 Å². The number of hydrogen-bond acceptors (Lipinski definition) is 4. The zero-order valence-electron chi connectivity index (χ0n) is 17.8. The Kier molecular flexibility index (Phi) is 5.53. The Morgan fingerprint density at radius 3 is 2.69 bits per heavy atom. The van der Waals surface area contributed by atoms with Crippen LogP contribution in [0.5, 0.6) is 0 Å². The fraction of sp³-hybridized carbons (Fsp3) is 0.292. The summed E-state index contributed by atoms with van der Waals surface area (Å²) in [6.07, 6.45) is 1.35. The van der Waals surface area contributed by atoms with Gasteiger partial charge < -0.3 is 9.88 Å². The van der Waals surface area contributed by atoms with E-state index in [1.54, 1.807) is 17.5 Å². The van der Waals surface area contributed by atoms with Gasteiger partial charge in [-0.3, -0.25) is 4.79 Å². The van der Waals surface area contributed by atoms with Gasteiger partial charge in [0.15, 0.2) is 0 Å². The van der Waals surface area contributed by atoms with E-state index in [0.29, 0.717) is 23.6 Å². The van der Waals surface area contributed by atoms with Gasteiger partial charge in [-0.15, -0.1) is 11.3 Å². The lowest BCUT2D eigenvalue weighted by molar-refractivity contribution is -0.120. The van der Waals surface area contributed by atoms with Crippen LogP contribution in [-0.4, -0.2) is 36.3 Å². The maximum atomic E-state index is 13.1. The second-order valence-corrected chi connectivity index (χ2v) is 11.2. The van der Waals surface area contributed by atoms with Crippen LogP contribution in [0.2, 0.25) is 0 Å². The third kappa shape index (κ3) is 3.62. The van der Waals surface area contributed by atoms with Crippen LogP contribution in [0.4, 0.5) is 5.69 Å². The van der Waals surface area contributed by atoms with E-state index in [9.17, 15) is 13.2 Å². The zero-order valence-corrected chi connectivity index (χ0v) is 19.5. The average molecular weight is 468 g/mol. The Labute approximate surface area is 191 Å². The largest absolute Gasteiger partial charge is 0.341 e. The van der Waals surface area contributed by atoms with Gasteiger partial charge in [0.2, 0.25) is 5.91 Å². The summed E-state index contributed by atoms with van der Waals surface area (Å²) in [5.41, 5.74) is 3.05. The van der Waals surface area contributed by atoms with Crippen LogP contribution >= 0.6 is 11.3 Å². The van der Waals surface area contributed by atoms with Crippen LogP contribution in [-0.2, 0) is 21.4 Å². The molecular formula is C24H25N3O3S2. The third-order valence-electron chi connectivity index (χ3n) is 6.20. The predicted octanol–water partition coefficient (Wildman–Crippen LogP) is 4.92. The van der Waals surface area contributed by atoms with E-state index in [2.05, 4.69) is 28.9 Å². The third-order valence-corrected chi connectivity index (χ3v) is 9.44. The van der Waals surface area contributed by atoms with E-state index in [1.807, 2.05) is 30.3 Å². The molecule has 4 aromatic rings. The Balaban J connectivity index is 1.38. The molecule has 3 heterocycles. The van der Waals surface area contributed by atoms with Gasteiger partial charge in [0.25, 0.3) is 10.0 Å². The molecule has 1 N–H and O–H groups in total. The molecule has 1 aliphatic rings. The first kappa shape index (κ1) is 21.2. The number of fused-ring (bicyclic) bond motifs is 3. The molecule has 0 radical (unpaired) electrons. The van der Waals surface area contributed by atoms with Gasteiger partial charge >= 0.3 is 0 Å². The number of nitrogens with zero attached hydrogens (tertiary/aromatic N) is 2. The summed E-state index contributed by atoms with van der Waals surface area (Å²) in [5, 5.41) is 7.05. The second-order valence-electron chi connectivity index (χ2n) is 8.12. The maximum Gasteiger partial charge on any atom is 0.252 e. The van der Waals surface area contributed by atoms with Gasteiger partial charge in [-0.05, 0) is 55.5 Å². The smallest absolute Gasteiger partial charge is 0.252 e. The minimum atomic E-state index is -3.54. The Morgan fingerprint density at radius 1 is 1.09 bits per heavy atom. The molecule has 0 spiro atoms. The summed E-state index contributed by atoms with van der Waals surface area (Å²) in [7, 11) is -3.54. The van der Waals surface area contributed by atoms with Crippen molar-refractivity contribution < 1.29 is 13.2 Å². The number of para-hydroxylation sites is 1. The molecular weight excluding hydrogens is 442 g/mol. The normalized spacial score (nSPS) is 17.7. The van der Waals surface area contributed by atoms with Gasteiger partial charge in [-0.2, -0.15) is 4.31 Å². The van der Waals surface area contributed by atoms with E-state index < -0.39 is 10.0 Å². The number of benzene rings is 2. The molecule has 6 nitrogen and oxygen atoms in total. The molecule has 1 atom stereocenters. The average Bonchev–Trinajstić information content (AvgIpc) is 3.46. The van der Waals surface area contributed by atoms with Crippen molar-refractivity contribution in [3.63, 3.8) is 0 Å². The second kappa shape index (κ2) is 8.35. The van der Waals surface area contributed by atoms with Gasteiger partial charge in [0.1, 0.15) is 4.21 Å². The number of aromatic nitrogens is 1. The lowest BCUT2D eigenvalue weighted by atomic mass is 9.98. The number of hydrogen-bond donors (Lipinski definition) is 1. The molecule has 1 aliphatic heterocycles. The van der Waals surface area contributed by atoms with Crippen LogP contribution < -0.4 is 5.32 Å². The lowest BCUT2D eigenvalue weighted by Crippen LogP contribution is -2.43. The summed E-state index contributed by atoms with van der Waals surface area (Å²) in [5.74, 6) is -0.499. The van der Waals surface area contributed by atoms with Crippen molar-refractivity contribution in [2.24, 2.45) is 5.92 Å². The number of aryl methyl sites for hydroxylation is 1. The van der Waals surface area contributed by atoms with E-state index >= 15 is 0 Å². The highest BCUT2D eigenvalue weighted by atomic mass is 32.2. The predicted molar refractivity (Wildman–Crippen MR) is 130 cm³/mol. The number of carbonyl (C=O) groups is 1. The van der Waals surface area contributed by atoms with Crippen LogP contribution in [0, 0.1) is 5.92 Å². The van der Waals surface area contributed by atoms with Gasteiger partial charge in [-0.1, -0.05) is 24.3 Å². The van der Waals surface area contributed by atoms with Gasteiger partial charge in [-0.25, -0.2) is 8.42 Å². The van der Waals surface area contributed by atoms with Crippen molar-refractivity contribution in [3.05, 3.63) is 60.0 Å². The highest BCUT2D eigenvalue weighted by Crippen LogP contribution is 2.32. The Morgan fingerprint density at radius 2 is 1.91 bits per heavy atom. The zero-order chi connectivity index (χ0) is 22.3. The number of nitrogens with one attached hydrogen (secondary N) is 1. The number of piperidine rings is 1. The topological polar surface area (TPSA) is 71.4 Å². The van der Waals surface area contributed by atoms with E-state index in [4.69, 9.17) is 0 Å². The molecule has 1 saturated heterocycles. The van der Waals surface area contributed by atoms with Crippen molar-refractivity contribution in [1.29, 1.82) is 0 Å². The number of thiophene rings is 1. The number of anilines is 1. The van der Waals surface area contributed by atoms with Crippen molar-refractivity contribution in [3.8, 4) is 0 Å². The molecule has 166 valence electrons. The van der Waals surface area contributed by atoms with Crippen LogP contribution in [0.3, 0.4) is 0 Å². The molecule has 1 amide bonds. The summed E-state index contributed by atoms with van der Waals surface area (Å²) < 4.78 is 29.8. The Hall–Kier alpha value is -2.68. The number of rotatable bonds is 5. The molecule has 8 heteroatoms. The summed E-state index contributed by atoms with van der Waals surface area (Å²) >= 11 is 1.21. The summed E-state index contributed by atoms with van der Waals surface area (Å²) in [6, 6.07) is 17.6. The van der Waals surface area contributed by atoms with E-state index in [-0.39, 0.29) is 18.4 Å². The molecule has 0 aliphatic carbocycles. The lowest BCUT2D eigenvalue weighted by Gasteiger charge is -2.30. The number of amides is 1. The maximum absolute atomic E-state index is 13.1. The van der Waals surface area contributed by atoms with Crippen molar-refractivity contribution in [1.82, 2.24) is 8.87 Å². The minimum Gasteiger partial charge on any atom is -0.341 e. The minimum absolute atomic E-state index is 0.130. The van der Waals surface area contributed by atoms with E-state index in [1.165, 1.54) is 21.2 Å². The highest BCUT2D eigenvalue weighted by molar-refractivity contribution is 7.91. The van der Waals surface area contributed by atoms with Crippen molar-refractivity contribution in [2.75, 3.05) is 18.4 Å². The number of carbonyl (C=O) groups excluding carboxylic acids is 1. The molecule has 1 fully saturated rings. The van der Waals surface area contributed by atoms with Gasteiger partial charge in [0.05, 0.1) is 5.92 Å². The first-order chi connectivity index (χ1) is 15.5. The summed E-state index contributed by atoms with van der Waals surface area (Å²) in [6.45, 7) is 3.66. The molecule has 1 unspecified atom stereocenters. The monoisotopic (exact) mass is 467 g/mol. The molecule has 5 rings (SSSR count). The fourth-order valence-electron chi connectivity index (χ4n) is 4.63. The SMILES string of the molecule is CCn1c2ccccc2c2cc(NC(=O)C3CCCN(S(=O)(=O)c4cccs4)C3)ccc21. The molecule has 2 aromatic carbocycles.